The quantitative estimate of drug-likeness (QED) is 0.775. The molecule has 1 aromatic carbocycles. The second-order valence-electron chi connectivity index (χ2n) is 5.26. The fourth-order valence-corrected chi connectivity index (χ4v) is 1.50. The van der Waals surface area contributed by atoms with Gasteiger partial charge in [-0.15, -0.1) is 0 Å². The third kappa shape index (κ3) is 4.36. The van der Waals surface area contributed by atoms with Gasteiger partial charge in [0.2, 0.25) is 0 Å². The lowest BCUT2D eigenvalue weighted by Crippen LogP contribution is -2.17. The van der Waals surface area contributed by atoms with Crippen LogP contribution in [0.4, 0.5) is 0 Å². The Labute approximate surface area is 103 Å². The number of ether oxygens (including phenoxy) is 1. The molecule has 17 heavy (non-hydrogen) atoms. The van der Waals surface area contributed by atoms with Crippen LogP contribution in [-0.2, 0) is 0 Å². The second kappa shape index (κ2) is 6.03. The number of aliphatic hydroxyl groups is 2. The standard InChI is InChI=1S/C14H22O3/c1-14(2,3)13(16)11-5-7-12(8-6-11)17-10-4-9-15/h5-8,13,15-16H,4,9-10H2,1-3H3. The number of benzene rings is 1. The van der Waals surface area contributed by atoms with Gasteiger partial charge >= 0.3 is 0 Å². The third-order valence-electron chi connectivity index (χ3n) is 2.59. The van der Waals surface area contributed by atoms with Crippen molar-refractivity contribution in [1.29, 1.82) is 0 Å². The lowest BCUT2D eigenvalue weighted by molar-refractivity contribution is 0.0626. The van der Waals surface area contributed by atoms with Crippen molar-refractivity contribution >= 4 is 0 Å². The Balaban J connectivity index is 2.61. The first-order valence-electron chi connectivity index (χ1n) is 5.97. The predicted octanol–water partition coefficient (Wildman–Crippen LogP) is 2.53. The first kappa shape index (κ1) is 14.0. The lowest BCUT2D eigenvalue weighted by atomic mass is 9.85. The molecule has 1 atom stereocenters. The third-order valence-corrected chi connectivity index (χ3v) is 2.59. The summed E-state index contributed by atoms with van der Waals surface area (Å²) in [5, 5.41) is 18.7. The Morgan fingerprint density at radius 1 is 1.18 bits per heavy atom. The van der Waals surface area contributed by atoms with Crippen molar-refractivity contribution in [2.24, 2.45) is 5.41 Å². The highest BCUT2D eigenvalue weighted by molar-refractivity contribution is 5.29. The average molecular weight is 238 g/mol. The van der Waals surface area contributed by atoms with Crippen LogP contribution < -0.4 is 4.74 Å². The molecule has 2 N–H and O–H groups in total. The van der Waals surface area contributed by atoms with E-state index in [0.717, 1.165) is 11.3 Å². The van der Waals surface area contributed by atoms with E-state index in [0.29, 0.717) is 13.0 Å². The van der Waals surface area contributed by atoms with Crippen LogP contribution in [0.25, 0.3) is 0 Å². The largest absolute Gasteiger partial charge is 0.494 e. The number of hydrogen-bond donors (Lipinski definition) is 2. The summed E-state index contributed by atoms with van der Waals surface area (Å²) in [5.74, 6) is 0.767. The second-order valence-corrected chi connectivity index (χ2v) is 5.26. The van der Waals surface area contributed by atoms with Crippen LogP contribution in [0, 0.1) is 5.41 Å². The summed E-state index contributed by atoms with van der Waals surface area (Å²) in [5.41, 5.74) is 0.728. The fourth-order valence-electron chi connectivity index (χ4n) is 1.50. The molecule has 0 heterocycles. The molecular formula is C14H22O3. The van der Waals surface area contributed by atoms with Gasteiger partial charge in [-0.2, -0.15) is 0 Å². The van der Waals surface area contributed by atoms with Crippen molar-refractivity contribution in [1.82, 2.24) is 0 Å². The van der Waals surface area contributed by atoms with Gasteiger partial charge in [0.1, 0.15) is 5.75 Å². The van der Waals surface area contributed by atoms with Gasteiger partial charge in [-0.1, -0.05) is 32.9 Å². The van der Waals surface area contributed by atoms with Gasteiger partial charge < -0.3 is 14.9 Å². The van der Waals surface area contributed by atoms with Crippen LogP contribution >= 0.6 is 0 Å². The molecule has 0 radical (unpaired) electrons. The van der Waals surface area contributed by atoms with E-state index >= 15 is 0 Å². The van der Waals surface area contributed by atoms with Crippen LogP contribution in [0.5, 0.6) is 5.75 Å². The molecule has 0 bridgehead atoms. The molecule has 1 rings (SSSR count). The predicted molar refractivity (Wildman–Crippen MR) is 68.1 cm³/mol. The molecule has 0 aliphatic rings. The number of aliphatic hydroxyl groups excluding tert-OH is 2. The van der Waals surface area contributed by atoms with Crippen molar-refractivity contribution in [2.45, 2.75) is 33.3 Å². The monoisotopic (exact) mass is 238 g/mol. The van der Waals surface area contributed by atoms with Gasteiger partial charge in [0.15, 0.2) is 0 Å². The van der Waals surface area contributed by atoms with E-state index in [-0.39, 0.29) is 12.0 Å². The number of rotatable bonds is 5. The molecule has 0 aliphatic heterocycles. The number of hydrogen-bond acceptors (Lipinski definition) is 3. The minimum atomic E-state index is -0.478. The van der Waals surface area contributed by atoms with E-state index in [1.54, 1.807) is 0 Å². The van der Waals surface area contributed by atoms with Crippen LogP contribution in [-0.4, -0.2) is 23.4 Å². The zero-order valence-corrected chi connectivity index (χ0v) is 10.8. The lowest BCUT2D eigenvalue weighted by Gasteiger charge is -2.26. The smallest absolute Gasteiger partial charge is 0.119 e. The molecular weight excluding hydrogens is 216 g/mol. The van der Waals surface area contributed by atoms with Gasteiger partial charge in [-0.05, 0) is 23.1 Å². The molecule has 0 aliphatic carbocycles. The maximum Gasteiger partial charge on any atom is 0.119 e. The molecule has 0 aromatic heterocycles. The summed E-state index contributed by atoms with van der Waals surface area (Å²) >= 11 is 0. The molecule has 3 nitrogen and oxygen atoms in total. The Morgan fingerprint density at radius 3 is 2.24 bits per heavy atom. The summed E-state index contributed by atoms with van der Waals surface area (Å²) in [4.78, 5) is 0. The first-order valence-corrected chi connectivity index (χ1v) is 5.97. The topological polar surface area (TPSA) is 49.7 Å². The summed E-state index contributed by atoms with van der Waals surface area (Å²) in [6.07, 6.45) is 0.154. The molecule has 96 valence electrons. The molecule has 3 heteroatoms. The van der Waals surface area contributed by atoms with E-state index in [9.17, 15) is 5.11 Å². The van der Waals surface area contributed by atoms with Crippen molar-refractivity contribution in [2.75, 3.05) is 13.2 Å². The highest BCUT2D eigenvalue weighted by atomic mass is 16.5. The van der Waals surface area contributed by atoms with Crippen LogP contribution in [0.3, 0.4) is 0 Å². The minimum absolute atomic E-state index is 0.140. The van der Waals surface area contributed by atoms with Gasteiger partial charge in [-0.25, -0.2) is 0 Å². The van der Waals surface area contributed by atoms with Crippen molar-refractivity contribution in [3.63, 3.8) is 0 Å². The molecule has 0 spiro atoms. The van der Waals surface area contributed by atoms with Crippen molar-refractivity contribution < 1.29 is 14.9 Å². The maximum atomic E-state index is 10.1. The highest BCUT2D eigenvalue weighted by Crippen LogP contribution is 2.32. The summed E-state index contributed by atoms with van der Waals surface area (Å²) in [6.45, 7) is 6.66. The first-order chi connectivity index (χ1) is 7.95. The van der Waals surface area contributed by atoms with E-state index in [4.69, 9.17) is 9.84 Å². The molecule has 1 aromatic rings. The zero-order valence-electron chi connectivity index (χ0n) is 10.8. The van der Waals surface area contributed by atoms with Gasteiger partial charge in [0.25, 0.3) is 0 Å². The average Bonchev–Trinajstić information content (AvgIpc) is 2.28. The van der Waals surface area contributed by atoms with Crippen LogP contribution in [0.1, 0.15) is 38.9 Å². The van der Waals surface area contributed by atoms with Gasteiger partial charge in [0, 0.05) is 13.0 Å². The summed E-state index contributed by atoms with van der Waals surface area (Å²) in [7, 11) is 0. The Morgan fingerprint density at radius 2 is 1.76 bits per heavy atom. The van der Waals surface area contributed by atoms with Crippen molar-refractivity contribution in [3.05, 3.63) is 29.8 Å². The SMILES string of the molecule is CC(C)(C)C(O)c1ccc(OCCCO)cc1. The van der Waals surface area contributed by atoms with Crippen molar-refractivity contribution in [3.8, 4) is 5.75 Å². The van der Waals surface area contributed by atoms with Gasteiger partial charge in [0.05, 0.1) is 12.7 Å². The summed E-state index contributed by atoms with van der Waals surface area (Å²) < 4.78 is 5.43. The summed E-state index contributed by atoms with van der Waals surface area (Å²) in [6, 6.07) is 7.46. The zero-order chi connectivity index (χ0) is 12.9. The highest BCUT2D eigenvalue weighted by Gasteiger charge is 2.23. The molecule has 0 saturated carbocycles. The van der Waals surface area contributed by atoms with Crippen LogP contribution in [0.2, 0.25) is 0 Å². The van der Waals surface area contributed by atoms with E-state index < -0.39 is 6.10 Å². The van der Waals surface area contributed by atoms with Crippen LogP contribution in [0.15, 0.2) is 24.3 Å². The Bertz CT molecular complexity index is 324. The van der Waals surface area contributed by atoms with E-state index in [2.05, 4.69) is 0 Å². The molecule has 1 unspecified atom stereocenters. The minimum Gasteiger partial charge on any atom is -0.494 e. The molecule has 0 amide bonds. The maximum absolute atomic E-state index is 10.1. The fraction of sp³-hybridized carbons (Fsp3) is 0.571. The molecule has 0 fully saturated rings. The van der Waals surface area contributed by atoms with E-state index in [1.807, 2.05) is 45.0 Å². The normalized spacial score (nSPS) is 13.5. The Hall–Kier alpha value is -1.06. The van der Waals surface area contributed by atoms with E-state index in [1.165, 1.54) is 0 Å². The Kier molecular flexibility index (Phi) is 4.97. The van der Waals surface area contributed by atoms with Gasteiger partial charge in [-0.3, -0.25) is 0 Å². The molecule has 0 saturated heterocycles.